The summed E-state index contributed by atoms with van der Waals surface area (Å²) in [6.07, 6.45) is 0. The zero-order valence-corrected chi connectivity index (χ0v) is 21.9. The molecule has 1 N–H and O–H groups in total. The van der Waals surface area contributed by atoms with Crippen LogP contribution in [0, 0.1) is 0 Å². The lowest BCUT2D eigenvalue weighted by Gasteiger charge is -2.37. The first-order valence-electron chi connectivity index (χ1n) is 12.4. The zero-order chi connectivity index (χ0) is 26.9. The van der Waals surface area contributed by atoms with Crippen molar-refractivity contribution in [2.75, 3.05) is 21.3 Å². The van der Waals surface area contributed by atoms with Crippen molar-refractivity contribution >= 4 is 27.5 Å². The first-order chi connectivity index (χ1) is 18.4. The number of hydrogen-bond donors (Lipinski definition) is 1. The quantitative estimate of drug-likeness (QED) is 0.241. The Labute approximate surface area is 222 Å². The SMILES string of the molecule is COc1cc(C(C)(C(=O)O)C(c2cccc3ccccc23)c2cccc3ccccc23)cc(OC)c1OC. The molecule has 38 heavy (non-hydrogen) atoms. The molecule has 0 aliphatic rings. The van der Waals surface area contributed by atoms with Gasteiger partial charge in [0.05, 0.1) is 21.3 Å². The third kappa shape index (κ3) is 4.01. The van der Waals surface area contributed by atoms with Crippen LogP contribution < -0.4 is 14.2 Å². The van der Waals surface area contributed by atoms with E-state index in [4.69, 9.17) is 14.2 Å². The Bertz CT molecular complexity index is 1530. The molecule has 0 bridgehead atoms. The Morgan fingerprint density at radius 2 is 1.13 bits per heavy atom. The summed E-state index contributed by atoms with van der Waals surface area (Å²) in [4.78, 5) is 13.5. The lowest BCUT2D eigenvalue weighted by Crippen LogP contribution is -2.40. The average molecular weight is 507 g/mol. The standard InChI is InChI=1S/C33H30O5/c1-33(32(34)35,23-19-28(36-2)31(38-4)29(20-23)37-3)30(26-17-9-13-21-11-5-7-15-24(21)26)27-18-10-14-22-12-6-8-16-25(22)27/h5-20,30H,1-4H3,(H,34,35). The maximum Gasteiger partial charge on any atom is 0.314 e. The van der Waals surface area contributed by atoms with Crippen molar-refractivity contribution in [3.63, 3.8) is 0 Å². The molecule has 0 saturated carbocycles. The third-order valence-corrected chi connectivity index (χ3v) is 7.55. The molecule has 1 unspecified atom stereocenters. The van der Waals surface area contributed by atoms with E-state index in [-0.39, 0.29) is 0 Å². The van der Waals surface area contributed by atoms with Gasteiger partial charge in [0.1, 0.15) is 5.41 Å². The summed E-state index contributed by atoms with van der Waals surface area (Å²) in [5.74, 6) is -0.288. The smallest absolute Gasteiger partial charge is 0.314 e. The molecule has 0 heterocycles. The fraction of sp³-hybridized carbons (Fsp3) is 0.182. The minimum Gasteiger partial charge on any atom is -0.493 e. The van der Waals surface area contributed by atoms with Crippen LogP contribution in [0.5, 0.6) is 17.2 Å². The van der Waals surface area contributed by atoms with Gasteiger partial charge in [-0.1, -0.05) is 84.9 Å². The van der Waals surface area contributed by atoms with Gasteiger partial charge in [-0.15, -0.1) is 0 Å². The normalized spacial score (nSPS) is 12.9. The van der Waals surface area contributed by atoms with E-state index in [0.29, 0.717) is 22.8 Å². The van der Waals surface area contributed by atoms with Crippen LogP contribution in [0.15, 0.2) is 97.1 Å². The van der Waals surface area contributed by atoms with E-state index in [1.54, 1.807) is 19.1 Å². The first kappa shape index (κ1) is 25.2. The highest BCUT2D eigenvalue weighted by Crippen LogP contribution is 2.50. The van der Waals surface area contributed by atoms with Crippen LogP contribution in [-0.4, -0.2) is 32.4 Å². The summed E-state index contributed by atoms with van der Waals surface area (Å²) in [6.45, 7) is 1.78. The Morgan fingerprint density at radius 1 is 0.684 bits per heavy atom. The van der Waals surface area contributed by atoms with Crippen molar-refractivity contribution in [2.45, 2.75) is 18.3 Å². The Balaban J connectivity index is 1.91. The molecule has 5 aromatic carbocycles. The van der Waals surface area contributed by atoms with Gasteiger partial charge < -0.3 is 19.3 Å². The minimum atomic E-state index is -1.42. The van der Waals surface area contributed by atoms with Gasteiger partial charge in [0.25, 0.3) is 0 Å². The number of carboxylic acids is 1. The third-order valence-electron chi connectivity index (χ3n) is 7.55. The second kappa shape index (κ2) is 10.1. The second-order valence-corrected chi connectivity index (χ2v) is 9.49. The molecule has 0 radical (unpaired) electrons. The maximum absolute atomic E-state index is 13.5. The molecule has 192 valence electrons. The lowest BCUT2D eigenvalue weighted by molar-refractivity contribution is -0.143. The molecular formula is C33H30O5. The van der Waals surface area contributed by atoms with Crippen molar-refractivity contribution in [1.29, 1.82) is 0 Å². The Kier molecular flexibility index (Phi) is 6.68. The molecule has 0 aliphatic carbocycles. The van der Waals surface area contributed by atoms with Gasteiger partial charge in [0.2, 0.25) is 5.75 Å². The maximum atomic E-state index is 13.5. The molecule has 5 heteroatoms. The zero-order valence-electron chi connectivity index (χ0n) is 21.9. The van der Waals surface area contributed by atoms with Crippen LogP contribution in [0.2, 0.25) is 0 Å². The predicted molar refractivity (Wildman–Crippen MR) is 151 cm³/mol. The Hall–Kier alpha value is -4.51. The molecule has 0 aliphatic heterocycles. The topological polar surface area (TPSA) is 65.0 Å². The van der Waals surface area contributed by atoms with E-state index >= 15 is 0 Å². The Morgan fingerprint density at radius 3 is 1.55 bits per heavy atom. The van der Waals surface area contributed by atoms with Crippen LogP contribution in [-0.2, 0) is 10.2 Å². The van der Waals surface area contributed by atoms with E-state index < -0.39 is 17.3 Å². The summed E-state index contributed by atoms with van der Waals surface area (Å²) in [5, 5.41) is 15.2. The number of benzene rings is 5. The highest BCUT2D eigenvalue weighted by Gasteiger charge is 2.47. The van der Waals surface area contributed by atoms with Crippen molar-refractivity contribution < 1.29 is 24.1 Å². The van der Waals surface area contributed by atoms with Crippen molar-refractivity contribution in [3.05, 3.63) is 114 Å². The lowest BCUT2D eigenvalue weighted by atomic mass is 9.64. The number of fused-ring (bicyclic) bond motifs is 2. The van der Waals surface area contributed by atoms with E-state index in [1.165, 1.54) is 21.3 Å². The van der Waals surface area contributed by atoms with Crippen LogP contribution in [0.3, 0.4) is 0 Å². The van der Waals surface area contributed by atoms with Gasteiger partial charge in [-0.2, -0.15) is 0 Å². The number of aliphatic carboxylic acids is 1. The van der Waals surface area contributed by atoms with E-state index in [9.17, 15) is 9.90 Å². The molecule has 5 nitrogen and oxygen atoms in total. The van der Waals surface area contributed by atoms with Gasteiger partial charge in [-0.05, 0) is 57.3 Å². The highest BCUT2D eigenvalue weighted by molar-refractivity contribution is 5.94. The fourth-order valence-electron chi connectivity index (χ4n) is 5.59. The summed E-state index contributed by atoms with van der Waals surface area (Å²) in [6, 6.07) is 31.8. The highest BCUT2D eigenvalue weighted by atomic mass is 16.5. The van der Waals surface area contributed by atoms with Crippen molar-refractivity contribution in [2.24, 2.45) is 0 Å². The first-order valence-corrected chi connectivity index (χ1v) is 12.4. The van der Waals surface area contributed by atoms with Gasteiger partial charge in [0.15, 0.2) is 11.5 Å². The largest absolute Gasteiger partial charge is 0.493 e. The molecule has 5 aromatic rings. The van der Waals surface area contributed by atoms with Gasteiger partial charge in [-0.3, -0.25) is 4.79 Å². The monoisotopic (exact) mass is 506 g/mol. The summed E-state index contributed by atoms with van der Waals surface area (Å²) in [5.41, 5.74) is 0.989. The summed E-state index contributed by atoms with van der Waals surface area (Å²) in [7, 11) is 4.60. The number of methoxy groups -OCH3 is 3. The molecule has 5 rings (SSSR count). The molecule has 1 atom stereocenters. The van der Waals surface area contributed by atoms with Crippen molar-refractivity contribution in [1.82, 2.24) is 0 Å². The minimum absolute atomic E-state index is 0.406. The number of hydrogen-bond acceptors (Lipinski definition) is 4. The number of carboxylic acid groups (broad SMARTS) is 1. The predicted octanol–water partition coefficient (Wildman–Crippen LogP) is 7.19. The molecule has 0 aromatic heterocycles. The second-order valence-electron chi connectivity index (χ2n) is 9.49. The van der Waals surface area contributed by atoms with E-state index in [2.05, 4.69) is 36.4 Å². The summed E-state index contributed by atoms with van der Waals surface area (Å²) >= 11 is 0. The number of rotatable bonds is 8. The fourth-order valence-corrected chi connectivity index (χ4v) is 5.59. The van der Waals surface area contributed by atoms with Crippen LogP contribution in [0.4, 0.5) is 0 Å². The van der Waals surface area contributed by atoms with Gasteiger partial charge in [0, 0.05) is 5.92 Å². The van der Waals surface area contributed by atoms with Crippen LogP contribution >= 0.6 is 0 Å². The molecule has 0 saturated heterocycles. The number of carbonyl (C=O) groups is 1. The van der Waals surface area contributed by atoms with Gasteiger partial charge in [-0.25, -0.2) is 0 Å². The molecular weight excluding hydrogens is 476 g/mol. The number of ether oxygens (including phenoxy) is 3. The van der Waals surface area contributed by atoms with E-state index in [0.717, 1.165) is 32.7 Å². The van der Waals surface area contributed by atoms with Crippen molar-refractivity contribution in [3.8, 4) is 17.2 Å². The van der Waals surface area contributed by atoms with Crippen LogP contribution in [0.1, 0.15) is 29.5 Å². The molecule has 0 amide bonds. The van der Waals surface area contributed by atoms with Crippen LogP contribution in [0.25, 0.3) is 21.5 Å². The average Bonchev–Trinajstić information content (AvgIpc) is 2.96. The van der Waals surface area contributed by atoms with E-state index in [1.807, 2.05) is 48.5 Å². The molecule has 0 spiro atoms. The molecule has 0 fully saturated rings. The summed E-state index contributed by atoms with van der Waals surface area (Å²) < 4.78 is 16.8. The van der Waals surface area contributed by atoms with Gasteiger partial charge >= 0.3 is 5.97 Å².